The Kier molecular flexibility index (Phi) is 3.51. The fraction of sp³-hybridized carbons (Fsp3) is 0.600. The van der Waals surface area contributed by atoms with Crippen molar-refractivity contribution in [2.45, 2.75) is 12.8 Å². The first kappa shape index (κ1) is 10.3. The van der Waals surface area contributed by atoms with E-state index < -0.39 is 0 Å². The van der Waals surface area contributed by atoms with Gasteiger partial charge in [-0.3, -0.25) is 0 Å². The Morgan fingerprint density at radius 2 is 2.15 bits per heavy atom. The van der Waals surface area contributed by atoms with Gasteiger partial charge in [-0.25, -0.2) is 0 Å². The Morgan fingerprint density at radius 1 is 1.46 bits per heavy atom. The topological polar surface area (TPSA) is 36.6 Å². The van der Waals surface area contributed by atoms with E-state index in [0.717, 1.165) is 18.1 Å². The van der Waals surface area contributed by atoms with Gasteiger partial charge in [0.2, 0.25) is 0 Å². The zero-order chi connectivity index (χ0) is 9.84. The molecule has 0 saturated carbocycles. The van der Waals surface area contributed by atoms with E-state index in [9.17, 15) is 0 Å². The number of hydrogen-bond acceptors (Lipinski definition) is 3. The second kappa shape index (κ2) is 4.44. The van der Waals surface area contributed by atoms with Gasteiger partial charge >= 0.3 is 0 Å². The number of aliphatic hydroxyl groups is 1. The summed E-state index contributed by atoms with van der Waals surface area (Å²) < 4.78 is 5.45. The molecule has 1 aromatic rings. The predicted octanol–water partition coefficient (Wildman–Crippen LogP) is 1.23. The average Bonchev–Trinajstić information content (AvgIpc) is 2.47. The van der Waals surface area contributed by atoms with Gasteiger partial charge in [0.1, 0.15) is 11.5 Å². The molecule has 1 N–H and O–H groups in total. The van der Waals surface area contributed by atoms with Crippen molar-refractivity contribution in [1.82, 2.24) is 4.90 Å². The first-order valence-corrected chi connectivity index (χ1v) is 4.45. The van der Waals surface area contributed by atoms with Crippen molar-refractivity contribution in [2.75, 3.05) is 27.2 Å². The first-order chi connectivity index (χ1) is 6.13. The molecule has 3 heteroatoms. The van der Waals surface area contributed by atoms with E-state index in [0.29, 0.717) is 0 Å². The van der Waals surface area contributed by atoms with Gasteiger partial charge in [-0.1, -0.05) is 0 Å². The highest BCUT2D eigenvalue weighted by molar-refractivity contribution is 5.10. The predicted molar refractivity (Wildman–Crippen MR) is 51.8 cm³/mol. The molecular weight excluding hydrogens is 166 g/mol. The van der Waals surface area contributed by atoms with Crippen molar-refractivity contribution in [1.29, 1.82) is 0 Å². The summed E-state index contributed by atoms with van der Waals surface area (Å²) in [6.45, 7) is 2.85. The molecular formula is C10H17NO2. The van der Waals surface area contributed by atoms with Crippen LogP contribution in [0.4, 0.5) is 0 Å². The highest BCUT2D eigenvalue weighted by atomic mass is 16.3. The molecule has 0 aliphatic rings. The monoisotopic (exact) mass is 183 g/mol. The summed E-state index contributed by atoms with van der Waals surface area (Å²) in [4.78, 5) is 2.04. The molecule has 0 amide bonds. The van der Waals surface area contributed by atoms with E-state index in [1.54, 1.807) is 0 Å². The average molecular weight is 183 g/mol. The third kappa shape index (κ3) is 2.86. The Morgan fingerprint density at radius 3 is 2.54 bits per heavy atom. The molecule has 0 saturated heterocycles. The van der Waals surface area contributed by atoms with Gasteiger partial charge in [-0.15, -0.1) is 0 Å². The molecule has 0 aromatic carbocycles. The maximum absolute atomic E-state index is 9.15. The molecule has 0 aliphatic carbocycles. The summed E-state index contributed by atoms with van der Waals surface area (Å²) >= 11 is 0. The summed E-state index contributed by atoms with van der Waals surface area (Å²) in [6, 6.07) is 3.85. The molecule has 1 unspecified atom stereocenters. The van der Waals surface area contributed by atoms with Crippen molar-refractivity contribution in [3.63, 3.8) is 0 Å². The summed E-state index contributed by atoms with van der Waals surface area (Å²) in [6.07, 6.45) is 0. The van der Waals surface area contributed by atoms with Crippen LogP contribution in [0.5, 0.6) is 0 Å². The van der Waals surface area contributed by atoms with E-state index in [1.807, 2.05) is 38.1 Å². The number of aliphatic hydroxyl groups excluding tert-OH is 1. The minimum atomic E-state index is 0.0868. The van der Waals surface area contributed by atoms with Gasteiger partial charge in [-0.05, 0) is 33.2 Å². The van der Waals surface area contributed by atoms with Crippen LogP contribution in [0.1, 0.15) is 17.4 Å². The standard InChI is InChI=1S/C10H17NO2/c1-8-4-5-10(13-8)9(7-12)6-11(2)3/h4-5,9,12H,6-7H2,1-3H3. The lowest BCUT2D eigenvalue weighted by Crippen LogP contribution is -2.22. The molecule has 0 aliphatic heterocycles. The van der Waals surface area contributed by atoms with Crippen molar-refractivity contribution in [3.05, 3.63) is 23.7 Å². The van der Waals surface area contributed by atoms with Crippen LogP contribution in [0.15, 0.2) is 16.5 Å². The van der Waals surface area contributed by atoms with Gasteiger partial charge in [0.15, 0.2) is 0 Å². The van der Waals surface area contributed by atoms with E-state index in [2.05, 4.69) is 0 Å². The number of rotatable bonds is 4. The van der Waals surface area contributed by atoms with Crippen LogP contribution in [0, 0.1) is 6.92 Å². The molecule has 1 atom stereocenters. The molecule has 1 rings (SSSR count). The molecule has 13 heavy (non-hydrogen) atoms. The Labute approximate surface area is 79.0 Å². The number of furan rings is 1. The summed E-state index contributed by atoms with van der Waals surface area (Å²) in [5, 5.41) is 9.15. The molecule has 0 radical (unpaired) electrons. The van der Waals surface area contributed by atoms with Crippen LogP contribution < -0.4 is 0 Å². The highest BCUT2D eigenvalue weighted by Gasteiger charge is 2.14. The Bertz CT molecular complexity index is 255. The Balaban J connectivity index is 2.66. The lowest BCUT2D eigenvalue weighted by atomic mass is 10.1. The molecule has 3 nitrogen and oxygen atoms in total. The van der Waals surface area contributed by atoms with Crippen molar-refractivity contribution >= 4 is 0 Å². The summed E-state index contributed by atoms with van der Waals surface area (Å²) in [5.41, 5.74) is 0. The van der Waals surface area contributed by atoms with Gasteiger partial charge < -0.3 is 14.4 Å². The first-order valence-electron chi connectivity index (χ1n) is 4.45. The SMILES string of the molecule is Cc1ccc(C(CO)CN(C)C)o1. The third-order valence-electron chi connectivity index (χ3n) is 1.97. The minimum absolute atomic E-state index is 0.0868. The lowest BCUT2D eigenvalue weighted by molar-refractivity contribution is 0.217. The highest BCUT2D eigenvalue weighted by Crippen LogP contribution is 2.18. The largest absolute Gasteiger partial charge is 0.466 e. The summed E-state index contributed by atoms with van der Waals surface area (Å²) in [5.74, 6) is 1.85. The van der Waals surface area contributed by atoms with Crippen LogP contribution in [0.25, 0.3) is 0 Å². The summed E-state index contributed by atoms with van der Waals surface area (Å²) in [7, 11) is 3.97. The van der Waals surface area contributed by atoms with Gasteiger partial charge in [-0.2, -0.15) is 0 Å². The van der Waals surface area contributed by atoms with E-state index >= 15 is 0 Å². The van der Waals surface area contributed by atoms with Crippen molar-refractivity contribution < 1.29 is 9.52 Å². The van der Waals surface area contributed by atoms with E-state index in [1.165, 1.54) is 0 Å². The minimum Gasteiger partial charge on any atom is -0.466 e. The van der Waals surface area contributed by atoms with Crippen LogP contribution >= 0.6 is 0 Å². The normalized spacial score (nSPS) is 13.6. The number of likely N-dealkylation sites (N-methyl/N-ethyl adjacent to an activating group) is 1. The second-order valence-electron chi connectivity index (χ2n) is 3.59. The molecule has 0 fully saturated rings. The van der Waals surface area contributed by atoms with Crippen LogP contribution in [0.2, 0.25) is 0 Å². The number of aryl methyl sites for hydroxylation is 1. The zero-order valence-electron chi connectivity index (χ0n) is 8.45. The van der Waals surface area contributed by atoms with Gasteiger partial charge in [0.05, 0.1) is 12.5 Å². The van der Waals surface area contributed by atoms with E-state index in [-0.39, 0.29) is 12.5 Å². The molecule has 1 aromatic heterocycles. The maximum atomic E-state index is 9.15. The third-order valence-corrected chi connectivity index (χ3v) is 1.97. The number of nitrogens with zero attached hydrogens (tertiary/aromatic N) is 1. The van der Waals surface area contributed by atoms with Crippen molar-refractivity contribution in [2.24, 2.45) is 0 Å². The number of hydrogen-bond donors (Lipinski definition) is 1. The molecule has 1 heterocycles. The van der Waals surface area contributed by atoms with Crippen LogP contribution in [-0.4, -0.2) is 37.3 Å². The lowest BCUT2D eigenvalue weighted by Gasteiger charge is -2.16. The fourth-order valence-electron chi connectivity index (χ4n) is 1.35. The maximum Gasteiger partial charge on any atom is 0.110 e. The fourth-order valence-corrected chi connectivity index (χ4v) is 1.35. The second-order valence-corrected chi connectivity index (χ2v) is 3.59. The molecule has 0 bridgehead atoms. The van der Waals surface area contributed by atoms with E-state index in [4.69, 9.17) is 9.52 Å². The van der Waals surface area contributed by atoms with Gasteiger partial charge in [0, 0.05) is 6.54 Å². The quantitative estimate of drug-likeness (QED) is 0.762. The molecule has 74 valence electrons. The smallest absolute Gasteiger partial charge is 0.110 e. The van der Waals surface area contributed by atoms with Crippen LogP contribution in [0.3, 0.4) is 0 Å². The Hall–Kier alpha value is -0.800. The van der Waals surface area contributed by atoms with Gasteiger partial charge in [0.25, 0.3) is 0 Å². The zero-order valence-corrected chi connectivity index (χ0v) is 8.45. The van der Waals surface area contributed by atoms with Crippen molar-refractivity contribution in [3.8, 4) is 0 Å². The van der Waals surface area contributed by atoms with Crippen LogP contribution in [-0.2, 0) is 0 Å². The molecule has 0 spiro atoms.